The van der Waals surface area contributed by atoms with Crippen LogP contribution in [0.1, 0.15) is 38.7 Å². The van der Waals surface area contributed by atoms with Gasteiger partial charge in [-0.1, -0.05) is 13.0 Å². The lowest BCUT2D eigenvalue weighted by atomic mass is 9.98. The maximum Gasteiger partial charge on any atom is 0.125 e. The minimum atomic E-state index is 0.245. The number of ether oxygens (including phenoxy) is 1. The normalized spacial score (nSPS) is 18.8. The number of fused-ring (bicyclic) bond motifs is 1. The van der Waals surface area contributed by atoms with Crippen LogP contribution in [-0.4, -0.2) is 12.6 Å². The Morgan fingerprint density at radius 2 is 2.27 bits per heavy atom. The van der Waals surface area contributed by atoms with Gasteiger partial charge in [-0.3, -0.25) is 0 Å². The zero-order chi connectivity index (χ0) is 10.8. The predicted octanol–water partition coefficient (Wildman–Crippen LogP) is 3.39. The highest BCUT2D eigenvalue weighted by Crippen LogP contribution is 2.40. The van der Waals surface area contributed by atoms with Crippen molar-refractivity contribution in [3.63, 3.8) is 0 Å². The standard InChI is InChI=1S/C13H19NO/c1-4-10-8-14-11-6-5-7-12(13(10)11)15-9(2)3/h5-7,9-10,14H,4,8H2,1-3H3. The molecule has 2 heteroatoms. The molecule has 82 valence electrons. The third kappa shape index (κ3) is 1.94. The van der Waals surface area contributed by atoms with Crippen LogP contribution in [0.15, 0.2) is 18.2 Å². The van der Waals surface area contributed by atoms with E-state index < -0.39 is 0 Å². The molecule has 1 aliphatic rings. The molecule has 0 aromatic heterocycles. The number of hydrogen-bond acceptors (Lipinski definition) is 2. The van der Waals surface area contributed by atoms with Gasteiger partial charge in [0.25, 0.3) is 0 Å². The number of rotatable bonds is 3. The molecule has 0 radical (unpaired) electrons. The van der Waals surface area contributed by atoms with E-state index in [4.69, 9.17) is 4.74 Å². The summed E-state index contributed by atoms with van der Waals surface area (Å²) in [6, 6.07) is 6.27. The smallest absolute Gasteiger partial charge is 0.125 e. The lowest BCUT2D eigenvalue weighted by molar-refractivity contribution is 0.239. The van der Waals surface area contributed by atoms with Crippen molar-refractivity contribution in [3.05, 3.63) is 23.8 Å². The average molecular weight is 205 g/mol. The van der Waals surface area contributed by atoms with Gasteiger partial charge < -0.3 is 10.1 Å². The first-order chi connectivity index (χ1) is 7.22. The van der Waals surface area contributed by atoms with Crippen molar-refractivity contribution in [3.8, 4) is 5.75 Å². The largest absolute Gasteiger partial charge is 0.491 e. The Bertz CT molecular complexity index is 346. The Balaban J connectivity index is 2.35. The Labute approximate surface area is 91.6 Å². The molecule has 15 heavy (non-hydrogen) atoms. The summed E-state index contributed by atoms with van der Waals surface area (Å²) in [5.41, 5.74) is 2.62. The second-order valence-corrected chi connectivity index (χ2v) is 4.37. The second-order valence-electron chi connectivity index (χ2n) is 4.37. The number of nitrogens with one attached hydrogen (secondary N) is 1. The van der Waals surface area contributed by atoms with Crippen molar-refractivity contribution in [2.75, 3.05) is 11.9 Å². The zero-order valence-electron chi connectivity index (χ0n) is 9.71. The molecule has 0 aliphatic carbocycles. The Kier molecular flexibility index (Phi) is 2.85. The molecular weight excluding hydrogens is 186 g/mol. The average Bonchev–Trinajstić information content (AvgIpc) is 2.61. The van der Waals surface area contributed by atoms with E-state index in [0.29, 0.717) is 5.92 Å². The van der Waals surface area contributed by atoms with Crippen LogP contribution in [0.2, 0.25) is 0 Å². The van der Waals surface area contributed by atoms with Crippen molar-refractivity contribution in [2.45, 2.75) is 39.2 Å². The van der Waals surface area contributed by atoms with Crippen molar-refractivity contribution in [1.29, 1.82) is 0 Å². The van der Waals surface area contributed by atoms with Crippen molar-refractivity contribution in [2.24, 2.45) is 0 Å². The topological polar surface area (TPSA) is 21.3 Å². The van der Waals surface area contributed by atoms with Crippen molar-refractivity contribution in [1.82, 2.24) is 0 Å². The van der Waals surface area contributed by atoms with E-state index in [9.17, 15) is 0 Å². The monoisotopic (exact) mass is 205 g/mol. The lowest BCUT2D eigenvalue weighted by Gasteiger charge is -2.16. The Morgan fingerprint density at radius 1 is 1.47 bits per heavy atom. The summed E-state index contributed by atoms with van der Waals surface area (Å²) >= 11 is 0. The third-order valence-corrected chi connectivity index (χ3v) is 2.87. The molecule has 0 bridgehead atoms. The van der Waals surface area contributed by atoms with Gasteiger partial charge in [0.15, 0.2) is 0 Å². The Hall–Kier alpha value is -1.18. The van der Waals surface area contributed by atoms with E-state index in [1.54, 1.807) is 0 Å². The summed E-state index contributed by atoms with van der Waals surface area (Å²) in [6.07, 6.45) is 1.41. The van der Waals surface area contributed by atoms with Crippen LogP contribution in [0, 0.1) is 0 Å². The summed E-state index contributed by atoms with van der Waals surface area (Å²) in [7, 11) is 0. The van der Waals surface area contributed by atoms with E-state index in [0.717, 1.165) is 12.3 Å². The highest BCUT2D eigenvalue weighted by atomic mass is 16.5. The number of hydrogen-bond donors (Lipinski definition) is 1. The zero-order valence-corrected chi connectivity index (χ0v) is 9.71. The van der Waals surface area contributed by atoms with Gasteiger partial charge in [-0.15, -0.1) is 0 Å². The molecule has 2 rings (SSSR count). The fraction of sp³-hybridized carbons (Fsp3) is 0.538. The highest BCUT2D eigenvalue weighted by molar-refractivity contribution is 5.63. The molecule has 0 saturated carbocycles. The van der Waals surface area contributed by atoms with Gasteiger partial charge in [-0.2, -0.15) is 0 Å². The molecule has 1 aliphatic heterocycles. The van der Waals surface area contributed by atoms with Gasteiger partial charge in [0.05, 0.1) is 6.10 Å². The first-order valence-electron chi connectivity index (χ1n) is 5.75. The minimum absolute atomic E-state index is 0.245. The van der Waals surface area contributed by atoms with Gasteiger partial charge in [-0.25, -0.2) is 0 Å². The molecule has 2 nitrogen and oxygen atoms in total. The molecule has 1 N–H and O–H groups in total. The molecule has 1 unspecified atom stereocenters. The van der Waals surface area contributed by atoms with Crippen LogP contribution in [0.3, 0.4) is 0 Å². The number of anilines is 1. The first-order valence-corrected chi connectivity index (χ1v) is 5.75. The maximum absolute atomic E-state index is 5.85. The summed E-state index contributed by atoms with van der Waals surface area (Å²) in [5, 5.41) is 3.43. The molecule has 0 spiro atoms. The van der Waals surface area contributed by atoms with E-state index in [2.05, 4.69) is 44.3 Å². The van der Waals surface area contributed by atoms with E-state index in [1.807, 2.05) is 0 Å². The van der Waals surface area contributed by atoms with E-state index in [-0.39, 0.29) is 6.10 Å². The molecule has 1 aromatic rings. The minimum Gasteiger partial charge on any atom is -0.491 e. The maximum atomic E-state index is 5.85. The van der Waals surface area contributed by atoms with E-state index in [1.165, 1.54) is 17.7 Å². The van der Waals surface area contributed by atoms with Gasteiger partial charge in [0.1, 0.15) is 5.75 Å². The fourth-order valence-corrected chi connectivity index (χ4v) is 2.16. The third-order valence-electron chi connectivity index (χ3n) is 2.87. The van der Waals surface area contributed by atoms with E-state index >= 15 is 0 Å². The lowest BCUT2D eigenvalue weighted by Crippen LogP contribution is -2.08. The SMILES string of the molecule is CCC1CNc2cccc(OC(C)C)c21. The quantitative estimate of drug-likeness (QED) is 0.816. The molecule has 1 atom stereocenters. The van der Waals surface area contributed by atoms with Gasteiger partial charge >= 0.3 is 0 Å². The van der Waals surface area contributed by atoms with Gasteiger partial charge in [0, 0.05) is 23.7 Å². The van der Waals surface area contributed by atoms with Gasteiger partial charge in [-0.05, 0) is 32.4 Å². The summed E-state index contributed by atoms with van der Waals surface area (Å²) in [4.78, 5) is 0. The molecule has 1 aromatic carbocycles. The summed E-state index contributed by atoms with van der Waals surface area (Å²) in [5.74, 6) is 1.66. The molecule has 0 saturated heterocycles. The summed E-state index contributed by atoms with van der Waals surface area (Å²) in [6.45, 7) is 7.42. The van der Waals surface area contributed by atoms with Crippen LogP contribution in [0.25, 0.3) is 0 Å². The van der Waals surface area contributed by atoms with Crippen LogP contribution < -0.4 is 10.1 Å². The predicted molar refractivity (Wildman–Crippen MR) is 63.7 cm³/mol. The molecular formula is C13H19NO. The van der Waals surface area contributed by atoms with Crippen LogP contribution in [0.5, 0.6) is 5.75 Å². The molecule has 1 heterocycles. The second kappa shape index (κ2) is 4.13. The fourth-order valence-electron chi connectivity index (χ4n) is 2.16. The Morgan fingerprint density at radius 3 is 2.93 bits per heavy atom. The summed E-state index contributed by atoms with van der Waals surface area (Å²) < 4.78 is 5.85. The van der Waals surface area contributed by atoms with Crippen LogP contribution >= 0.6 is 0 Å². The van der Waals surface area contributed by atoms with Gasteiger partial charge in [0.2, 0.25) is 0 Å². The van der Waals surface area contributed by atoms with Crippen molar-refractivity contribution < 1.29 is 4.74 Å². The van der Waals surface area contributed by atoms with Crippen LogP contribution in [-0.2, 0) is 0 Å². The number of benzene rings is 1. The molecule has 0 amide bonds. The first kappa shape index (κ1) is 10.3. The molecule has 0 fully saturated rings. The van der Waals surface area contributed by atoms with Crippen LogP contribution in [0.4, 0.5) is 5.69 Å². The highest BCUT2D eigenvalue weighted by Gasteiger charge is 2.24. The van der Waals surface area contributed by atoms with Crippen molar-refractivity contribution >= 4 is 5.69 Å².